The van der Waals surface area contributed by atoms with Gasteiger partial charge in [0.2, 0.25) is 5.95 Å². The molecule has 0 fully saturated rings. The van der Waals surface area contributed by atoms with Gasteiger partial charge in [-0.2, -0.15) is 5.10 Å². The third-order valence-corrected chi connectivity index (χ3v) is 5.45. The first-order valence-corrected chi connectivity index (χ1v) is 11.4. The zero-order valence-electron chi connectivity index (χ0n) is 18.1. The number of rotatable bonds is 9. The van der Waals surface area contributed by atoms with Gasteiger partial charge in [0.1, 0.15) is 6.61 Å². The second-order valence-corrected chi connectivity index (χ2v) is 8.01. The van der Waals surface area contributed by atoms with E-state index >= 15 is 0 Å². The number of hydrogen-bond donors (Lipinski definition) is 1. The smallest absolute Gasteiger partial charge is 0.224 e. The number of benzene rings is 3. The molecule has 0 atom stereocenters. The highest BCUT2D eigenvalue weighted by molar-refractivity contribution is 9.10. The van der Waals surface area contributed by atoms with Gasteiger partial charge in [0.05, 0.1) is 23.9 Å². The highest BCUT2D eigenvalue weighted by atomic mass is 79.9. The third-order valence-electron chi connectivity index (χ3n) is 4.92. The number of aromatic nitrogens is 2. The van der Waals surface area contributed by atoms with Crippen LogP contribution in [0, 0.1) is 0 Å². The second-order valence-electron chi connectivity index (χ2n) is 7.09. The Morgan fingerprint density at radius 2 is 1.81 bits per heavy atom. The Bertz CT molecular complexity index is 1220. The first kappa shape index (κ1) is 21.9. The van der Waals surface area contributed by atoms with Crippen LogP contribution < -0.4 is 14.9 Å². The monoisotopic (exact) mass is 492 g/mol. The number of hydrogen-bond acceptors (Lipinski definition) is 5. The lowest BCUT2D eigenvalue weighted by Crippen LogP contribution is -2.02. The number of halogens is 1. The van der Waals surface area contributed by atoms with Crippen LogP contribution in [0.15, 0.2) is 76.3 Å². The molecule has 4 aromatic rings. The normalized spacial score (nSPS) is 11.2. The van der Waals surface area contributed by atoms with Crippen LogP contribution in [0.4, 0.5) is 5.95 Å². The Morgan fingerprint density at radius 1 is 1.00 bits per heavy atom. The van der Waals surface area contributed by atoms with E-state index in [4.69, 9.17) is 9.47 Å². The van der Waals surface area contributed by atoms with Gasteiger partial charge in [-0.05, 0) is 67.4 Å². The standard InChI is InChI=1S/C25H25BrN4O2/c1-3-30-22-8-6-5-7-21(22)28-25(30)29-27-16-19-11-14-23(24(15-19)31-4-2)32-17-18-9-12-20(26)13-10-18/h5-16H,3-4,17H2,1-2H3,(H,28,29)/b27-16-. The summed E-state index contributed by atoms with van der Waals surface area (Å²) in [5.41, 5.74) is 7.08. The number of para-hydroxylation sites is 2. The number of fused-ring (bicyclic) bond motifs is 1. The Kier molecular flexibility index (Phi) is 7.07. The van der Waals surface area contributed by atoms with Crippen LogP contribution in [0.3, 0.4) is 0 Å². The molecule has 0 saturated carbocycles. The maximum absolute atomic E-state index is 5.99. The molecule has 1 N–H and O–H groups in total. The first-order chi connectivity index (χ1) is 15.7. The minimum atomic E-state index is 0.468. The zero-order valence-corrected chi connectivity index (χ0v) is 19.7. The van der Waals surface area contributed by atoms with Gasteiger partial charge in [-0.3, -0.25) is 0 Å². The van der Waals surface area contributed by atoms with Crippen LogP contribution in [0.1, 0.15) is 25.0 Å². The maximum Gasteiger partial charge on any atom is 0.224 e. The van der Waals surface area contributed by atoms with Crippen molar-refractivity contribution in [2.24, 2.45) is 5.10 Å². The van der Waals surface area contributed by atoms with Crippen LogP contribution in [0.25, 0.3) is 11.0 Å². The fourth-order valence-electron chi connectivity index (χ4n) is 3.38. The van der Waals surface area contributed by atoms with Crippen molar-refractivity contribution >= 4 is 39.1 Å². The molecule has 7 heteroatoms. The Morgan fingerprint density at radius 3 is 2.59 bits per heavy atom. The molecular formula is C25H25BrN4O2. The quantitative estimate of drug-likeness (QED) is 0.221. The van der Waals surface area contributed by atoms with E-state index in [-0.39, 0.29) is 0 Å². The summed E-state index contributed by atoms with van der Waals surface area (Å²) in [6.45, 7) is 5.86. The summed E-state index contributed by atoms with van der Waals surface area (Å²) in [5.74, 6) is 2.10. The number of anilines is 1. The Balaban J connectivity index is 1.47. The molecule has 0 aliphatic carbocycles. The molecule has 0 unspecified atom stereocenters. The molecule has 0 aliphatic heterocycles. The number of nitrogens with zero attached hydrogens (tertiary/aromatic N) is 3. The van der Waals surface area contributed by atoms with Crippen LogP contribution in [0.5, 0.6) is 11.5 Å². The minimum Gasteiger partial charge on any atom is -0.490 e. The molecule has 1 heterocycles. The van der Waals surface area contributed by atoms with Crippen molar-refractivity contribution in [1.82, 2.24) is 9.55 Å². The van der Waals surface area contributed by atoms with Gasteiger partial charge in [0, 0.05) is 11.0 Å². The molecule has 3 aromatic carbocycles. The highest BCUT2D eigenvalue weighted by Crippen LogP contribution is 2.29. The highest BCUT2D eigenvalue weighted by Gasteiger charge is 2.09. The zero-order chi connectivity index (χ0) is 22.3. The van der Waals surface area contributed by atoms with Gasteiger partial charge >= 0.3 is 0 Å². The molecule has 0 saturated heterocycles. The number of aryl methyl sites for hydroxylation is 1. The summed E-state index contributed by atoms with van der Waals surface area (Å²) < 4.78 is 14.9. The van der Waals surface area contributed by atoms with Crippen LogP contribution in [-0.2, 0) is 13.2 Å². The molecule has 0 spiro atoms. The summed E-state index contributed by atoms with van der Waals surface area (Å²) >= 11 is 3.45. The van der Waals surface area contributed by atoms with E-state index in [0.29, 0.717) is 30.7 Å². The van der Waals surface area contributed by atoms with E-state index in [1.807, 2.05) is 67.6 Å². The fourth-order valence-corrected chi connectivity index (χ4v) is 3.64. The van der Waals surface area contributed by atoms with E-state index in [0.717, 1.165) is 33.2 Å². The molecule has 0 bridgehead atoms. The molecule has 6 nitrogen and oxygen atoms in total. The molecule has 0 radical (unpaired) electrons. The largest absolute Gasteiger partial charge is 0.490 e. The van der Waals surface area contributed by atoms with Gasteiger partial charge in [-0.1, -0.05) is 40.2 Å². The molecule has 0 amide bonds. The molecule has 164 valence electrons. The predicted molar refractivity (Wildman–Crippen MR) is 133 cm³/mol. The van der Waals surface area contributed by atoms with E-state index in [9.17, 15) is 0 Å². The van der Waals surface area contributed by atoms with Gasteiger partial charge in [0.15, 0.2) is 11.5 Å². The lowest BCUT2D eigenvalue weighted by molar-refractivity contribution is 0.269. The van der Waals surface area contributed by atoms with Crippen molar-refractivity contribution < 1.29 is 9.47 Å². The molecule has 0 aliphatic rings. The van der Waals surface area contributed by atoms with Gasteiger partial charge in [-0.15, -0.1) is 0 Å². The molecule has 4 rings (SSSR count). The van der Waals surface area contributed by atoms with Crippen LogP contribution in [0.2, 0.25) is 0 Å². The van der Waals surface area contributed by atoms with Crippen molar-refractivity contribution in [2.45, 2.75) is 27.0 Å². The number of ether oxygens (including phenoxy) is 2. The molecule has 32 heavy (non-hydrogen) atoms. The van der Waals surface area contributed by atoms with Gasteiger partial charge < -0.3 is 14.0 Å². The van der Waals surface area contributed by atoms with Crippen molar-refractivity contribution in [2.75, 3.05) is 12.0 Å². The van der Waals surface area contributed by atoms with Gasteiger partial charge in [0.25, 0.3) is 0 Å². The number of hydrazone groups is 1. The maximum atomic E-state index is 5.99. The number of imidazole rings is 1. The minimum absolute atomic E-state index is 0.468. The summed E-state index contributed by atoms with van der Waals surface area (Å²) in [5, 5.41) is 4.39. The molecule has 1 aromatic heterocycles. The topological polar surface area (TPSA) is 60.7 Å². The van der Waals surface area contributed by atoms with E-state index in [2.05, 4.69) is 49.0 Å². The van der Waals surface area contributed by atoms with Crippen LogP contribution in [-0.4, -0.2) is 22.4 Å². The summed E-state index contributed by atoms with van der Waals surface area (Å²) in [6, 6.07) is 21.9. The average molecular weight is 493 g/mol. The van der Waals surface area contributed by atoms with Gasteiger partial charge in [-0.25, -0.2) is 10.4 Å². The van der Waals surface area contributed by atoms with Crippen molar-refractivity contribution in [3.63, 3.8) is 0 Å². The lowest BCUT2D eigenvalue weighted by Gasteiger charge is -2.12. The summed E-state index contributed by atoms with van der Waals surface area (Å²) in [6.07, 6.45) is 1.75. The third kappa shape index (κ3) is 5.11. The van der Waals surface area contributed by atoms with Crippen molar-refractivity contribution in [3.8, 4) is 11.5 Å². The predicted octanol–water partition coefficient (Wildman–Crippen LogP) is 6.24. The molecular weight excluding hydrogens is 468 g/mol. The number of nitrogens with one attached hydrogen (secondary N) is 1. The summed E-state index contributed by atoms with van der Waals surface area (Å²) in [4.78, 5) is 4.62. The van der Waals surface area contributed by atoms with Crippen LogP contribution >= 0.6 is 15.9 Å². The fraction of sp³-hybridized carbons (Fsp3) is 0.200. The SMILES string of the molecule is CCOc1cc(/C=N\Nc2nc3ccccc3n2CC)ccc1OCc1ccc(Br)cc1. The average Bonchev–Trinajstić information content (AvgIpc) is 3.17. The van der Waals surface area contributed by atoms with Crippen molar-refractivity contribution in [1.29, 1.82) is 0 Å². The van der Waals surface area contributed by atoms with Crippen molar-refractivity contribution in [3.05, 3.63) is 82.3 Å². The first-order valence-electron chi connectivity index (χ1n) is 10.6. The van der Waals surface area contributed by atoms with E-state index < -0.39 is 0 Å². The summed E-state index contributed by atoms with van der Waals surface area (Å²) in [7, 11) is 0. The van der Waals surface area contributed by atoms with E-state index in [1.165, 1.54) is 0 Å². The second kappa shape index (κ2) is 10.3. The van der Waals surface area contributed by atoms with E-state index in [1.54, 1.807) is 6.21 Å². The Labute approximate surface area is 196 Å². The Hall–Kier alpha value is -3.32. The lowest BCUT2D eigenvalue weighted by atomic mass is 10.2.